The molecular weight excluding hydrogens is 396 g/mol. The summed E-state index contributed by atoms with van der Waals surface area (Å²) in [4.78, 5) is 0. The fraction of sp³-hybridized carbons (Fsp3) is 0.636. The maximum atomic E-state index is 3.59. The van der Waals surface area contributed by atoms with Crippen LogP contribution in [0.5, 0.6) is 0 Å². The summed E-state index contributed by atoms with van der Waals surface area (Å²) in [5.74, 6) is 0. The van der Waals surface area contributed by atoms with Crippen molar-refractivity contribution >= 4 is 0 Å². The molecule has 0 heteroatoms. The highest BCUT2D eigenvalue weighted by Gasteiger charge is 2.09. The van der Waals surface area contributed by atoms with Gasteiger partial charge in [0.2, 0.25) is 0 Å². The molecule has 0 spiro atoms. The van der Waals surface area contributed by atoms with Crippen molar-refractivity contribution < 1.29 is 0 Å². The van der Waals surface area contributed by atoms with Crippen LogP contribution in [-0.2, 0) is 12.8 Å². The van der Waals surface area contributed by atoms with Crippen molar-refractivity contribution in [1.29, 1.82) is 0 Å². The Hall–Kier alpha value is -1.56. The quantitative estimate of drug-likeness (QED) is 0.177. The van der Waals surface area contributed by atoms with Gasteiger partial charge in [-0.3, -0.25) is 0 Å². The molecule has 0 fully saturated rings. The van der Waals surface area contributed by atoms with E-state index in [1.807, 2.05) is 0 Å². The van der Waals surface area contributed by atoms with Gasteiger partial charge in [-0.25, -0.2) is 0 Å². The molecule has 1 radical (unpaired) electrons. The molecule has 0 amide bonds. The zero-order valence-corrected chi connectivity index (χ0v) is 22.0. The lowest BCUT2D eigenvalue weighted by Crippen LogP contribution is -1.96. The first-order chi connectivity index (χ1) is 16.4. The first-order valence-corrected chi connectivity index (χ1v) is 14.4. The van der Waals surface area contributed by atoms with Gasteiger partial charge in [0, 0.05) is 0 Å². The number of unbranched alkanes of at least 4 members (excludes halogenated alkanes) is 15. The van der Waals surface area contributed by atoms with E-state index >= 15 is 0 Å². The number of hydrogen-bond acceptors (Lipinski definition) is 0. The van der Waals surface area contributed by atoms with Crippen molar-refractivity contribution in [3.63, 3.8) is 0 Å². The van der Waals surface area contributed by atoms with Crippen LogP contribution in [0.3, 0.4) is 0 Å². The van der Waals surface area contributed by atoms with Crippen LogP contribution >= 0.6 is 0 Å². The minimum Gasteiger partial charge on any atom is -0.0654 e. The third-order valence-corrected chi connectivity index (χ3v) is 7.08. The van der Waals surface area contributed by atoms with Crippen molar-refractivity contribution in [3.05, 3.63) is 59.7 Å². The zero-order chi connectivity index (χ0) is 23.4. The Balaban J connectivity index is 1.77. The van der Waals surface area contributed by atoms with E-state index in [2.05, 4.69) is 62.4 Å². The fourth-order valence-corrected chi connectivity index (χ4v) is 4.99. The molecular formula is C33H51. The summed E-state index contributed by atoms with van der Waals surface area (Å²) in [6.45, 7) is 4.59. The van der Waals surface area contributed by atoms with Gasteiger partial charge in [0.15, 0.2) is 0 Å². The molecule has 0 aliphatic heterocycles. The molecule has 2 rings (SSSR count). The van der Waals surface area contributed by atoms with Crippen LogP contribution in [-0.4, -0.2) is 0 Å². The van der Waals surface area contributed by atoms with Crippen LogP contribution in [0.25, 0.3) is 11.1 Å². The maximum Gasteiger partial charge on any atom is -0.0143 e. The third-order valence-electron chi connectivity index (χ3n) is 7.08. The molecule has 33 heavy (non-hydrogen) atoms. The Morgan fingerprint density at radius 1 is 0.485 bits per heavy atom. The molecule has 0 bridgehead atoms. The predicted molar refractivity (Wildman–Crippen MR) is 148 cm³/mol. The van der Waals surface area contributed by atoms with Gasteiger partial charge in [0.1, 0.15) is 0 Å². The van der Waals surface area contributed by atoms with Crippen molar-refractivity contribution in [2.75, 3.05) is 0 Å². The molecule has 2 aromatic rings. The first-order valence-electron chi connectivity index (χ1n) is 14.4. The van der Waals surface area contributed by atoms with Gasteiger partial charge in [-0.2, -0.15) is 0 Å². The average molecular weight is 448 g/mol. The minimum absolute atomic E-state index is 1.17. The lowest BCUT2D eigenvalue weighted by molar-refractivity contribution is 0.556. The fourth-order valence-electron chi connectivity index (χ4n) is 4.99. The maximum absolute atomic E-state index is 3.59. The van der Waals surface area contributed by atoms with Gasteiger partial charge >= 0.3 is 0 Å². The third kappa shape index (κ3) is 11.9. The second-order valence-electron chi connectivity index (χ2n) is 10.0. The Morgan fingerprint density at radius 3 is 1.58 bits per heavy atom. The lowest BCUT2D eigenvalue weighted by atomic mass is 9.90. The molecule has 2 aromatic carbocycles. The van der Waals surface area contributed by atoms with Crippen molar-refractivity contribution in [2.24, 2.45) is 0 Å². The summed E-state index contributed by atoms with van der Waals surface area (Å²) < 4.78 is 0. The second-order valence-corrected chi connectivity index (χ2v) is 10.0. The van der Waals surface area contributed by atoms with Crippen LogP contribution in [0.1, 0.15) is 134 Å². The number of benzene rings is 2. The Labute approximate surface area is 206 Å². The van der Waals surface area contributed by atoms with E-state index < -0.39 is 0 Å². The molecule has 0 atom stereocenters. The SMILES string of the molecule is CCCCCCCCCCCCc1[c]cccc1-c1ccccc1CCCCCCCCC. The molecule has 0 heterocycles. The minimum atomic E-state index is 1.17. The monoisotopic (exact) mass is 447 g/mol. The van der Waals surface area contributed by atoms with Crippen molar-refractivity contribution in [3.8, 4) is 11.1 Å². The molecule has 0 nitrogen and oxygen atoms in total. The van der Waals surface area contributed by atoms with Crippen LogP contribution in [0.15, 0.2) is 42.5 Å². The highest BCUT2D eigenvalue weighted by Crippen LogP contribution is 2.29. The van der Waals surface area contributed by atoms with E-state index in [9.17, 15) is 0 Å². The smallest absolute Gasteiger partial charge is 0.0143 e. The highest BCUT2D eigenvalue weighted by molar-refractivity contribution is 5.70. The van der Waals surface area contributed by atoms with Crippen molar-refractivity contribution in [1.82, 2.24) is 0 Å². The largest absolute Gasteiger partial charge is 0.0654 e. The van der Waals surface area contributed by atoms with Gasteiger partial charge in [-0.05, 0) is 54.0 Å². The van der Waals surface area contributed by atoms with E-state index in [0.29, 0.717) is 0 Å². The normalized spacial score (nSPS) is 11.2. The summed E-state index contributed by atoms with van der Waals surface area (Å²) in [7, 11) is 0. The van der Waals surface area contributed by atoms with E-state index in [1.54, 1.807) is 0 Å². The van der Waals surface area contributed by atoms with Gasteiger partial charge in [0.25, 0.3) is 0 Å². The summed E-state index contributed by atoms with van der Waals surface area (Å²) in [5.41, 5.74) is 5.81. The number of rotatable bonds is 20. The summed E-state index contributed by atoms with van der Waals surface area (Å²) >= 11 is 0. The molecule has 0 aliphatic carbocycles. The highest BCUT2D eigenvalue weighted by atomic mass is 14.1. The van der Waals surface area contributed by atoms with E-state index in [-0.39, 0.29) is 0 Å². The summed E-state index contributed by atoms with van der Waals surface area (Å²) in [5, 5.41) is 0. The Morgan fingerprint density at radius 2 is 0.970 bits per heavy atom. The molecule has 0 aromatic heterocycles. The topological polar surface area (TPSA) is 0 Å². The van der Waals surface area contributed by atoms with E-state index in [0.717, 1.165) is 0 Å². The lowest BCUT2D eigenvalue weighted by Gasteiger charge is -2.14. The molecule has 0 N–H and O–H groups in total. The zero-order valence-electron chi connectivity index (χ0n) is 22.0. The average Bonchev–Trinajstić information content (AvgIpc) is 2.85. The standard InChI is InChI=1S/C33H51/c1-3-5-7-9-11-12-13-15-17-19-25-31-27-21-23-29-33(31)32-28-22-20-26-30(32)24-18-16-14-10-8-6-4-2/h20-23,26,28-29H,3-19,24-25H2,1-2H3. The van der Waals surface area contributed by atoms with Gasteiger partial charge in [0.05, 0.1) is 0 Å². The molecule has 0 saturated carbocycles. The second kappa shape index (κ2) is 18.8. The predicted octanol–water partition coefficient (Wildman–Crippen LogP) is 10.9. The van der Waals surface area contributed by atoms with Crippen LogP contribution < -0.4 is 0 Å². The molecule has 183 valence electrons. The van der Waals surface area contributed by atoms with E-state index in [4.69, 9.17) is 0 Å². The van der Waals surface area contributed by atoms with Gasteiger partial charge in [-0.1, -0.05) is 153 Å². The van der Waals surface area contributed by atoms with E-state index in [1.165, 1.54) is 144 Å². The van der Waals surface area contributed by atoms with Crippen LogP contribution in [0.4, 0.5) is 0 Å². The number of aryl methyl sites for hydroxylation is 2. The van der Waals surface area contributed by atoms with Crippen molar-refractivity contribution in [2.45, 2.75) is 136 Å². The van der Waals surface area contributed by atoms with Crippen LogP contribution in [0, 0.1) is 6.07 Å². The summed E-state index contributed by atoms with van der Waals surface area (Å²) in [6.07, 6.45) is 26.0. The van der Waals surface area contributed by atoms with Crippen LogP contribution in [0.2, 0.25) is 0 Å². The molecule has 0 saturated heterocycles. The first kappa shape index (κ1) is 27.7. The van der Waals surface area contributed by atoms with Gasteiger partial charge in [-0.15, -0.1) is 0 Å². The molecule has 0 aliphatic rings. The van der Waals surface area contributed by atoms with Gasteiger partial charge < -0.3 is 0 Å². The Bertz CT molecular complexity index is 713. The summed E-state index contributed by atoms with van der Waals surface area (Å²) in [6, 6.07) is 19.3. The number of hydrogen-bond donors (Lipinski definition) is 0. The Kier molecular flexibility index (Phi) is 15.8. The molecule has 0 unspecified atom stereocenters.